The largest absolute Gasteiger partial charge is 0.320 e. The maximum atomic E-state index is 5.97. The Morgan fingerprint density at radius 1 is 1.50 bits per heavy atom. The van der Waals surface area contributed by atoms with Gasteiger partial charge >= 0.3 is 0 Å². The maximum absolute atomic E-state index is 5.97. The molecule has 1 aromatic heterocycles. The van der Waals surface area contributed by atoms with Gasteiger partial charge in [0.1, 0.15) is 0 Å². The van der Waals surface area contributed by atoms with E-state index in [0.717, 1.165) is 24.1 Å². The minimum atomic E-state index is -0.111. The summed E-state index contributed by atoms with van der Waals surface area (Å²) in [5.41, 5.74) is 7.91. The fraction of sp³-hybridized carbons (Fsp3) is 0.300. The van der Waals surface area contributed by atoms with Crippen LogP contribution in [-0.4, -0.2) is 4.98 Å². The van der Waals surface area contributed by atoms with Gasteiger partial charge in [-0.2, -0.15) is 0 Å². The Balaban J connectivity index is 2.30. The quantitative estimate of drug-likeness (QED) is 0.714. The molecule has 1 aliphatic rings. The van der Waals surface area contributed by atoms with Crippen molar-refractivity contribution >= 4 is 6.08 Å². The average Bonchev–Trinajstić information content (AvgIpc) is 2.85. The second-order valence-electron chi connectivity index (χ2n) is 3.34. The van der Waals surface area contributed by atoms with E-state index in [-0.39, 0.29) is 5.54 Å². The van der Waals surface area contributed by atoms with Gasteiger partial charge in [0, 0.05) is 6.20 Å². The van der Waals surface area contributed by atoms with Crippen LogP contribution in [0, 0.1) is 0 Å². The van der Waals surface area contributed by atoms with Crippen molar-refractivity contribution in [3.05, 3.63) is 36.2 Å². The summed E-state index contributed by atoms with van der Waals surface area (Å²) in [5, 5.41) is 0. The molecule has 2 N–H and O–H groups in total. The molecular formula is C10H12N2. The molecule has 1 aromatic rings. The van der Waals surface area contributed by atoms with Gasteiger partial charge in [0.15, 0.2) is 0 Å². The summed E-state index contributed by atoms with van der Waals surface area (Å²) in [4.78, 5) is 4.29. The van der Waals surface area contributed by atoms with Crippen molar-refractivity contribution in [1.82, 2.24) is 4.98 Å². The van der Waals surface area contributed by atoms with Gasteiger partial charge in [0.25, 0.3) is 0 Å². The van der Waals surface area contributed by atoms with Gasteiger partial charge in [-0.15, -0.1) is 0 Å². The molecule has 1 aliphatic carbocycles. The highest BCUT2D eigenvalue weighted by Gasteiger charge is 2.41. The molecule has 0 atom stereocenters. The minimum absolute atomic E-state index is 0.111. The maximum Gasteiger partial charge on any atom is 0.0602 e. The van der Waals surface area contributed by atoms with Crippen LogP contribution in [0.3, 0.4) is 0 Å². The first-order valence-electron chi connectivity index (χ1n) is 4.12. The Morgan fingerprint density at radius 3 is 2.67 bits per heavy atom. The molecule has 2 rings (SSSR count). The molecule has 0 amide bonds. The van der Waals surface area contributed by atoms with Gasteiger partial charge in [-0.3, -0.25) is 4.98 Å². The lowest BCUT2D eigenvalue weighted by Crippen LogP contribution is -2.19. The molecule has 0 unspecified atom stereocenters. The molecule has 1 saturated carbocycles. The van der Waals surface area contributed by atoms with Gasteiger partial charge in [-0.05, 0) is 24.5 Å². The summed E-state index contributed by atoms with van der Waals surface area (Å²) in [6.07, 6.45) is 5.73. The molecule has 0 aliphatic heterocycles. The van der Waals surface area contributed by atoms with Crippen LogP contribution in [-0.2, 0) is 5.54 Å². The van der Waals surface area contributed by atoms with E-state index in [2.05, 4.69) is 11.6 Å². The van der Waals surface area contributed by atoms with Gasteiger partial charge in [0.2, 0.25) is 0 Å². The summed E-state index contributed by atoms with van der Waals surface area (Å²) < 4.78 is 0. The van der Waals surface area contributed by atoms with E-state index in [9.17, 15) is 0 Å². The lowest BCUT2D eigenvalue weighted by Gasteiger charge is -2.06. The van der Waals surface area contributed by atoms with Crippen molar-refractivity contribution in [1.29, 1.82) is 0 Å². The van der Waals surface area contributed by atoms with Gasteiger partial charge in [0.05, 0.1) is 11.2 Å². The predicted octanol–water partition coefficient (Wildman–Crippen LogP) is 1.67. The van der Waals surface area contributed by atoms with E-state index >= 15 is 0 Å². The first kappa shape index (κ1) is 7.50. The molecule has 62 valence electrons. The Kier molecular flexibility index (Phi) is 1.51. The highest BCUT2D eigenvalue weighted by molar-refractivity contribution is 5.45. The minimum Gasteiger partial charge on any atom is -0.320 e. The predicted molar refractivity (Wildman–Crippen MR) is 49.4 cm³/mol. The third-order valence-corrected chi connectivity index (χ3v) is 2.32. The summed E-state index contributed by atoms with van der Waals surface area (Å²) in [5.74, 6) is 0. The zero-order valence-electron chi connectivity index (χ0n) is 6.96. The fourth-order valence-corrected chi connectivity index (χ4v) is 1.21. The molecule has 12 heavy (non-hydrogen) atoms. The summed E-state index contributed by atoms with van der Waals surface area (Å²) >= 11 is 0. The average molecular weight is 160 g/mol. The van der Waals surface area contributed by atoms with E-state index in [4.69, 9.17) is 5.73 Å². The zero-order valence-corrected chi connectivity index (χ0v) is 6.96. The van der Waals surface area contributed by atoms with Crippen molar-refractivity contribution in [2.45, 2.75) is 18.4 Å². The van der Waals surface area contributed by atoms with Crippen molar-refractivity contribution in [3.63, 3.8) is 0 Å². The number of nitrogens with zero attached hydrogens (tertiary/aromatic N) is 1. The molecule has 2 nitrogen and oxygen atoms in total. The highest BCUT2D eigenvalue weighted by atomic mass is 14.9. The molecule has 0 bridgehead atoms. The van der Waals surface area contributed by atoms with E-state index in [1.807, 2.05) is 18.3 Å². The monoisotopic (exact) mass is 160 g/mol. The van der Waals surface area contributed by atoms with Crippen LogP contribution in [0.2, 0.25) is 0 Å². The van der Waals surface area contributed by atoms with Crippen LogP contribution >= 0.6 is 0 Å². The van der Waals surface area contributed by atoms with E-state index in [1.54, 1.807) is 6.08 Å². The van der Waals surface area contributed by atoms with Gasteiger partial charge < -0.3 is 5.73 Å². The van der Waals surface area contributed by atoms with E-state index in [0.29, 0.717) is 0 Å². The number of aromatic nitrogens is 1. The normalized spacial score (nSPS) is 18.8. The van der Waals surface area contributed by atoms with Crippen LogP contribution < -0.4 is 5.73 Å². The van der Waals surface area contributed by atoms with Gasteiger partial charge in [-0.1, -0.05) is 18.7 Å². The number of pyridine rings is 1. The Bertz CT molecular complexity index is 296. The van der Waals surface area contributed by atoms with E-state index in [1.165, 1.54) is 0 Å². The lowest BCUT2D eigenvalue weighted by atomic mass is 10.1. The van der Waals surface area contributed by atoms with Crippen LogP contribution in [0.25, 0.3) is 6.08 Å². The second-order valence-corrected chi connectivity index (χ2v) is 3.34. The van der Waals surface area contributed by atoms with Crippen molar-refractivity contribution in [3.8, 4) is 0 Å². The first-order chi connectivity index (χ1) is 5.74. The molecule has 2 heteroatoms. The third-order valence-electron chi connectivity index (χ3n) is 2.32. The lowest BCUT2D eigenvalue weighted by molar-refractivity contribution is 0.708. The number of nitrogens with two attached hydrogens (primary N) is 1. The Labute approximate surface area is 72.1 Å². The topological polar surface area (TPSA) is 38.9 Å². The van der Waals surface area contributed by atoms with Crippen molar-refractivity contribution in [2.24, 2.45) is 5.73 Å². The highest BCUT2D eigenvalue weighted by Crippen LogP contribution is 2.41. The molecule has 1 heterocycles. The molecule has 0 radical (unpaired) electrons. The summed E-state index contributed by atoms with van der Waals surface area (Å²) in [6.45, 7) is 3.67. The molecule has 1 fully saturated rings. The molecule has 0 saturated heterocycles. The van der Waals surface area contributed by atoms with E-state index < -0.39 is 0 Å². The standard InChI is InChI=1S/C10H12N2/c1-2-8-3-4-9(12-7-8)10(11)5-6-10/h2-4,7H,1,5-6,11H2. The van der Waals surface area contributed by atoms with Crippen molar-refractivity contribution in [2.75, 3.05) is 0 Å². The van der Waals surface area contributed by atoms with Crippen molar-refractivity contribution < 1.29 is 0 Å². The molecule has 0 spiro atoms. The van der Waals surface area contributed by atoms with Crippen LogP contribution in [0.1, 0.15) is 24.1 Å². The number of hydrogen-bond acceptors (Lipinski definition) is 2. The zero-order chi connectivity index (χ0) is 8.60. The van der Waals surface area contributed by atoms with Gasteiger partial charge in [-0.25, -0.2) is 0 Å². The smallest absolute Gasteiger partial charge is 0.0602 e. The molecule has 0 aromatic carbocycles. The Hall–Kier alpha value is -1.15. The Morgan fingerprint density at radius 2 is 2.25 bits per heavy atom. The second kappa shape index (κ2) is 2.42. The first-order valence-corrected chi connectivity index (χ1v) is 4.12. The molecular weight excluding hydrogens is 148 g/mol. The number of rotatable bonds is 2. The fourth-order valence-electron chi connectivity index (χ4n) is 1.21. The van der Waals surface area contributed by atoms with Crippen LogP contribution in [0.5, 0.6) is 0 Å². The number of hydrogen-bond donors (Lipinski definition) is 1. The van der Waals surface area contributed by atoms with Crippen LogP contribution in [0.15, 0.2) is 24.9 Å². The summed E-state index contributed by atoms with van der Waals surface area (Å²) in [6, 6.07) is 3.99. The summed E-state index contributed by atoms with van der Waals surface area (Å²) in [7, 11) is 0. The third kappa shape index (κ3) is 1.14. The van der Waals surface area contributed by atoms with Crippen LogP contribution in [0.4, 0.5) is 0 Å². The SMILES string of the molecule is C=Cc1ccc(C2(N)CC2)nc1.